The van der Waals surface area contributed by atoms with E-state index in [2.05, 4.69) is 85.7 Å². The maximum Gasteiger partial charge on any atom is 0.0704 e. The highest BCUT2D eigenvalue weighted by Crippen LogP contribution is 2.32. The number of allylic oxidation sites excluding steroid dienone is 2. The van der Waals surface area contributed by atoms with E-state index in [0.717, 1.165) is 6.42 Å². The molecule has 1 aliphatic rings. The van der Waals surface area contributed by atoms with Crippen LogP contribution >= 0.6 is 0 Å². The van der Waals surface area contributed by atoms with Gasteiger partial charge >= 0.3 is 0 Å². The molecule has 0 saturated heterocycles. The second-order valence-electron chi connectivity index (χ2n) is 5.45. The Morgan fingerprint density at radius 2 is 1.77 bits per heavy atom. The summed E-state index contributed by atoms with van der Waals surface area (Å²) in [6, 6.07) is 19.2. The maximum absolute atomic E-state index is 3.92. The van der Waals surface area contributed by atoms with Crippen LogP contribution in [-0.4, -0.2) is 0 Å². The summed E-state index contributed by atoms with van der Waals surface area (Å²) in [4.78, 5) is 0. The third-order valence-corrected chi connectivity index (χ3v) is 4.14. The van der Waals surface area contributed by atoms with E-state index in [-0.39, 0.29) is 6.04 Å². The Hall–Kier alpha value is -2.54. The predicted octanol–water partition coefficient (Wildman–Crippen LogP) is 5.35. The van der Waals surface area contributed by atoms with Gasteiger partial charge < -0.3 is 5.32 Å². The Balaban J connectivity index is 1.96. The Morgan fingerprint density at radius 1 is 1.05 bits per heavy atom. The van der Waals surface area contributed by atoms with Gasteiger partial charge in [0.25, 0.3) is 0 Å². The van der Waals surface area contributed by atoms with Gasteiger partial charge in [0.15, 0.2) is 0 Å². The van der Waals surface area contributed by atoms with Crippen molar-refractivity contribution >= 4 is 11.6 Å². The van der Waals surface area contributed by atoms with Crippen molar-refractivity contribution < 1.29 is 0 Å². The lowest BCUT2D eigenvalue weighted by Gasteiger charge is -2.25. The van der Waals surface area contributed by atoms with Crippen LogP contribution in [0.3, 0.4) is 0 Å². The van der Waals surface area contributed by atoms with Gasteiger partial charge in [-0.05, 0) is 28.7 Å². The summed E-state index contributed by atoms with van der Waals surface area (Å²) in [6.07, 6.45) is 7.44. The molecule has 0 spiro atoms. The predicted molar refractivity (Wildman–Crippen MR) is 95.2 cm³/mol. The zero-order valence-electron chi connectivity index (χ0n) is 12.9. The summed E-state index contributed by atoms with van der Waals surface area (Å²) >= 11 is 0. The highest BCUT2D eigenvalue weighted by molar-refractivity contribution is 5.80. The van der Waals surface area contributed by atoms with E-state index >= 15 is 0 Å². The minimum atomic E-state index is 0.205. The van der Waals surface area contributed by atoms with Crippen molar-refractivity contribution in [1.82, 2.24) is 5.32 Å². The molecule has 110 valence electrons. The molecule has 2 aromatic rings. The SMILES string of the molecule is C=Cc1ccccc1C1C=C(CC)C(c2ccccc2)=CN1. The molecule has 0 bridgehead atoms. The zero-order valence-corrected chi connectivity index (χ0v) is 12.9. The van der Waals surface area contributed by atoms with E-state index in [4.69, 9.17) is 0 Å². The summed E-state index contributed by atoms with van der Waals surface area (Å²) in [5.41, 5.74) is 6.39. The number of dihydropyridines is 1. The molecule has 2 aromatic carbocycles. The monoisotopic (exact) mass is 287 g/mol. The molecule has 3 rings (SSSR count). The molecule has 1 nitrogen and oxygen atoms in total. The summed E-state index contributed by atoms with van der Waals surface area (Å²) in [6.45, 7) is 6.14. The normalized spacial score (nSPS) is 17.2. The van der Waals surface area contributed by atoms with E-state index in [1.165, 1.54) is 27.8 Å². The number of nitrogens with one attached hydrogen (secondary N) is 1. The van der Waals surface area contributed by atoms with Gasteiger partial charge in [-0.1, -0.05) is 80.3 Å². The van der Waals surface area contributed by atoms with Crippen LogP contribution in [0.5, 0.6) is 0 Å². The first-order chi connectivity index (χ1) is 10.8. The van der Waals surface area contributed by atoms with Crippen molar-refractivity contribution in [2.24, 2.45) is 0 Å². The molecule has 0 fully saturated rings. The molecule has 0 radical (unpaired) electrons. The van der Waals surface area contributed by atoms with E-state index in [1.54, 1.807) is 0 Å². The molecule has 1 unspecified atom stereocenters. The van der Waals surface area contributed by atoms with E-state index in [0.29, 0.717) is 0 Å². The molecule has 1 aliphatic heterocycles. The van der Waals surface area contributed by atoms with Crippen LogP contribution in [0.15, 0.2) is 79.0 Å². The molecule has 0 amide bonds. The standard InChI is InChI=1S/C21H21N/c1-3-16-10-8-9-13-19(16)21-14-17(4-2)20(15-22-21)18-11-6-5-7-12-18/h3,5-15,21-22H,1,4H2,2H3. The molecule has 1 N–H and O–H groups in total. The van der Waals surface area contributed by atoms with Crippen LogP contribution in [0.25, 0.3) is 11.6 Å². The van der Waals surface area contributed by atoms with E-state index in [1.807, 2.05) is 6.08 Å². The molecule has 1 atom stereocenters. The molecule has 22 heavy (non-hydrogen) atoms. The lowest BCUT2D eigenvalue weighted by atomic mass is 9.89. The van der Waals surface area contributed by atoms with Crippen molar-refractivity contribution in [2.45, 2.75) is 19.4 Å². The molecule has 0 saturated carbocycles. The average Bonchev–Trinajstić information content (AvgIpc) is 2.62. The fraction of sp³-hybridized carbons (Fsp3) is 0.143. The first kappa shape index (κ1) is 14.4. The quantitative estimate of drug-likeness (QED) is 0.799. The van der Waals surface area contributed by atoms with Gasteiger partial charge in [0.05, 0.1) is 6.04 Å². The highest BCUT2D eigenvalue weighted by atomic mass is 14.9. The van der Waals surface area contributed by atoms with Gasteiger partial charge in [-0.25, -0.2) is 0 Å². The summed E-state index contributed by atoms with van der Waals surface area (Å²) in [7, 11) is 0. The van der Waals surface area contributed by atoms with E-state index < -0.39 is 0 Å². The highest BCUT2D eigenvalue weighted by Gasteiger charge is 2.18. The van der Waals surface area contributed by atoms with Gasteiger partial charge in [-0.3, -0.25) is 0 Å². The minimum absolute atomic E-state index is 0.205. The Bertz CT molecular complexity index is 723. The fourth-order valence-corrected chi connectivity index (χ4v) is 2.96. The average molecular weight is 287 g/mol. The van der Waals surface area contributed by atoms with Crippen molar-refractivity contribution in [1.29, 1.82) is 0 Å². The summed E-state index contributed by atoms with van der Waals surface area (Å²) in [5.74, 6) is 0. The van der Waals surface area contributed by atoms with Crippen molar-refractivity contribution in [2.75, 3.05) is 0 Å². The van der Waals surface area contributed by atoms with Gasteiger partial charge in [0.1, 0.15) is 0 Å². The first-order valence-electron chi connectivity index (χ1n) is 7.77. The molecule has 0 aromatic heterocycles. The van der Waals surface area contributed by atoms with Crippen LogP contribution in [0, 0.1) is 0 Å². The molecule has 1 heterocycles. The van der Waals surface area contributed by atoms with Crippen LogP contribution in [-0.2, 0) is 0 Å². The number of hydrogen-bond donors (Lipinski definition) is 1. The number of hydrogen-bond acceptors (Lipinski definition) is 1. The van der Waals surface area contributed by atoms with Crippen LogP contribution < -0.4 is 5.32 Å². The van der Waals surface area contributed by atoms with Crippen LogP contribution in [0.1, 0.15) is 36.1 Å². The van der Waals surface area contributed by atoms with Gasteiger partial charge in [0.2, 0.25) is 0 Å². The molecule has 1 heteroatoms. The lowest BCUT2D eigenvalue weighted by molar-refractivity contribution is 0.736. The minimum Gasteiger partial charge on any atom is -0.380 e. The zero-order chi connectivity index (χ0) is 15.4. The Kier molecular flexibility index (Phi) is 4.24. The Labute approximate surface area is 132 Å². The van der Waals surface area contributed by atoms with Crippen molar-refractivity contribution in [3.63, 3.8) is 0 Å². The fourth-order valence-electron chi connectivity index (χ4n) is 2.96. The smallest absolute Gasteiger partial charge is 0.0704 e. The number of rotatable bonds is 4. The first-order valence-corrected chi connectivity index (χ1v) is 7.77. The molecular weight excluding hydrogens is 266 g/mol. The van der Waals surface area contributed by atoms with Gasteiger partial charge in [0, 0.05) is 11.8 Å². The maximum atomic E-state index is 3.92. The van der Waals surface area contributed by atoms with Crippen molar-refractivity contribution in [3.8, 4) is 0 Å². The molecule has 0 aliphatic carbocycles. The van der Waals surface area contributed by atoms with Crippen LogP contribution in [0.4, 0.5) is 0 Å². The second-order valence-corrected chi connectivity index (χ2v) is 5.45. The van der Waals surface area contributed by atoms with Gasteiger partial charge in [-0.2, -0.15) is 0 Å². The third-order valence-electron chi connectivity index (χ3n) is 4.14. The molecular formula is C21H21N. The summed E-state index contributed by atoms with van der Waals surface area (Å²) < 4.78 is 0. The van der Waals surface area contributed by atoms with Crippen molar-refractivity contribution in [3.05, 3.63) is 95.7 Å². The summed E-state index contributed by atoms with van der Waals surface area (Å²) in [5, 5.41) is 3.54. The van der Waals surface area contributed by atoms with Crippen LogP contribution in [0.2, 0.25) is 0 Å². The topological polar surface area (TPSA) is 12.0 Å². The third kappa shape index (κ3) is 2.75. The number of benzene rings is 2. The van der Waals surface area contributed by atoms with Gasteiger partial charge in [-0.15, -0.1) is 0 Å². The Morgan fingerprint density at radius 3 is 2.50 bits per heavy atom. The van der Waals surface area contributed by atoms with E-state index in [9.17, 15) is 0 Å². The largest absolute Gasteiger partial charge is 0.380 e. The lowest BCUT2D eigenvalue weighted by Crippen LogP contribution is -2.19. The second kappa shape index (κ2) is 6.48.